The maximum absolute atomic E-state index is 12.3. The van der Waals surface area contributed by atoms with E-state index in [9.17, 15) is 14.7 Å². The zero-order valence-electron chi connectivity index (χ0n) is 13.9. The first kappa shape index (κ1) is 18.8. The molecule has 7 nitrogen and oxygen atoms in total. The minimum Gasteiger partial charge on any atom is -0.495 e. The van der Waals surface area contributed by atoms with Gasteiger partial charge in [-0.25, -0.2) is 14.6 Å². The Morgan fingerprint density at radius 2 is 1.85 bits per heavy atom. The second-order valence-electron chi connectivity index (χ2n) is 5.46. The molecule has 0 saturated carbocycles. The van der Waals surface area contributed by atoms with Crippen LogP contribution in [0, 0.1) is 0 Å². The van der Waals surface area contributed by atoms with E-state index in [0.717, 1.165) is 4.90 Å². The molecule has 0 saturated heterocycles. The van der Waals surface area contributed by atoms with Gasteiger partial charge in [0.15, 0.2) is 5.69 Å². The molecule has 2 amide bonds. The molecular formula is C18H13Cl2N3O4. The third-order valence-corrected chi connectivity index (χ3v) is 4.33. The Morgan fingerprint density at radius 3 is 2.48 bits per heavy atom. The number of nitrogens with zero attached hydrogens (tertiary/aromatic N) is 2. The van der Waals surface area contributed by atoms with Crippen LogP contribution in [0.4, 0.5) is 16.2 Å². The molecule has 3 rings (SSSR count). The summed E-state index contributed by atoms with van der Waals surface area (Å²) in [4.78, 5) is 29.0. The molecule has 1 heterocycles. The third-order valence-electron chi connectivity index (χ3n) is 3.81. The zero-order chi connectivity index (χ0) is 19.7. The number of hydrogen-bond donors (Lipinski definition) is 2. The molecule has 3 aromatic rings. The van der Waals surface area contributed by atoms with Gasteiger partial charge in [0.1, 0.15) is 5.75 Å². The Balaban J connectivity index is 2.42. The summed E-state index contributed by atoms with van der Waals surface area (Å²) >= 11 is 12.3. The van der Waals surface area contributed by atoms with E-state index < -0.39 is 12.0 Å². The Kier molecular flexibility index (Phi) is 5.07. The maximum Gasteiger partial charge on any atom is 0.354 e. The van der Waals surface area contributed by atoms with E-state index in [0.29, 0.717) is 16.8 Å². The number of methoxy groups -OCH3 is 1. The number of nitrogens with two attached hydrogens (primary N) is 1. The lowest BCUT2D eigenvalue weighted by molar-refractivity contribution is 0.0691. The first-order chi connectivity index (χ1) is 12.8. The van der Waals surface area contributed by atoms with Gasteiger partial charge in [-0.05, 0) is 30.3 Å². The third kappa shape index (κ3) is 3.47. The molecule has 1 aromatic heterocycles. The predicted molar refractivity (Wildman–Crippen MR) is 103 cm³/mol. The van der Waals surface area contributed by atoms with E-state index in [2.05, 4.69) is 4.98 Å². The molecule has 0 aliphatic heterocycles. The van der Waals surface area contributed by atoms with Gasteiger partial charge >= 0.3 is 12.0 Å². The number of primary amides is 1. The van der Waals surface area contributed by atoms with Crippen LogP contribution in [0.2, 0.25) is 10.0 Å². The fraction of sp³-hybridized carbons (Fsp3) is 0.0556. The highest BCUT2D eigenvalue weighted by Crippen LogP contribution is 2.40. The highest BCUT2D eigenvalue weighted by molar-refractivity contribution is 6.39. The van der Waals surface area contributed by atoms with E-state index in [1.807, 2.05) is 0 Å². The number of para-hydroxylation sites is 2. The molecular weight excluding hydrogens is 393 g/mol. The highest BCUT2D eigenvalue weighted by Gasteiger charge is 2.25. The number of rotatable bonds is 4. The predicted octanol–water partition coefficient (Wildman–Crippen LogP) is 4.47. The van der Waals surface area contributed by atoms with Crippen molar-refractivity contribution in [2.75, 3.05) is 12.0 Å². The number of aromatic nitrogens is 1. The molecule has 138 valence electrons. The molecule has 0 aliphatic rings. The van der Waals surface area contributed by atoms with Gasteiger partial charge in [-0.15, -0.1) is 0 Å². The summed E-state index contributed by atoms with van der Waals surface area (Å²) < 4.78 is 5.30. The number of fused-ring (bicyclic) bond motifs is 1. The lowest BCUT2D eigenvalue weighted by Crippen LogP contribution is -2.32. The van der Waals surface area contributed by atoms with E-state index in [4.69, 9.17) is 33.7 Å². The van der Waals surface area contributed by atoms with Gasteiger partial charge in [0.25, 0.3) is 0 Å². The lowest BCUT2D eigenvalue weighted by atomic mass is 10.1. The van der Waals surface area contributed by atoms with Crippen LogP contribution in [0.25, 0.3) is 10.9 Å². The van der Waals surface area contributed by atoms with Crippen LogP contribution in [0.15, 0.2) is 42.5 Å². The van der Waals surface area contributed by atoms with Gasteiger partial charge < -0.3 is 15.6 Å². The number of carboxylic acids is 1. The second kappa shape index (κ2) is 7.30. The van der Waals surface area contributed by atoms with Crippen LogP contribution in [-0.2, 0) is 0 Å². The summed E-state index contributed by atoms with van der Waals surface area (Å²) in [5, 5.41) is 10.2. The van der Waals surface area contributed by atoms with Crippen LogP contribution in [0.5, 0.6) is 5.75 Å². The molecule has 9 heteroatoms. The van der Waals surface area contributed by atoms with Crippen molar-refractivity contribution >= 4 is 57.5 Å². The van der Waals surface area contributed by atoms with Crippen molar-refractivity contribution in [2.24, 2.45) is 5.73 Å². The van der Waals surface area contributed by atoms with Gasteiger partial charge in [0, 0.05) is 10.4 Å². The average molecular weight is 406 g/mol. The number of amides is 2. The molecule has 0 fully saturated rings. The molecule has 0 radical (unpaired) electrons. The minimum atomic E-state index is -1.28. The van der Waals surface area contributed by atoms with Gasteiger partial charge in [-0.1, -0.05) is 35.3 Å². The van der Waals surface area contributed by atoms with Gasteiger partial charge in [0.05, 0.1) is 29.0 Å². The fourth-order valence-electron chi connectivity index (χ4n) is 2.73. The minimum absolute atomic E-state index is 0.149. The van der Waals surface area contributed by atoms with E-state index in [-0.39, 0.29) is 26.9 Å². The monoisotopic (exact) mass is 405 g/mol. The number of hydrogen-bond acceptors (Lipinski definition) is 4. The molecule has 0 unspecified atom stereocenters. The molecule has 0 aliphatic carbocycles. The smallest absolute Gasteiger partial charge is 0.354 e. The molecule has 27 heavy (non-hydrogen) atoms. The van der Waals surface area contributed by atoms with Gasteiger partial charge in [0.2, 0.25) is 0 Å². The number of urea groups is 1. The standard InChI is InChI=1S/C18H13Cl2N3O4/c1-27-15-5-3-2-4-13(15)23(18(21)26)14-8-12(17(24)25)22-11-7-9(19)6-10(20)16(11)14/h2-8H,1H3,(H2,21,26)(H,24,25). The Bertz CT molecular complexity index is 1070. The molecule has 3 N–H and O–H groups in total. The first-order valence-corrected chi connectivity index (χ1v) is 8.34. The topological polar surface area (TPSA) is 106 Å². The summed E-state index contributed by atoms with van der Waals surface area (Å²) in [6, 6.07) is 9.97. The SMILES string of the molecule is COc1ccccc1N(C(N)=O)c1cc(C(=O)O)nc2cc(Cl)cc(Cl)c12. The largest absolute Gasteiger partial charge is 0.495 e. The number of anilines is 2. The number of carbonyl (C=O) groups excluding carboxylic acids is 1. The lowest BCUT2D eigenvalue weighted by Gasteiger charge is -2.24. The van der Waals surface area contributed by atoms with Gasteiger partial charge in [-0.2, -0.15) is 0 Å². The number of benzene rings is 2. The van der Waals surface area contributed by atoms with Crippen molar-refractivity contribution in [3.63, 3.8) is 0 Å². The van der Waals surface area contributed by atoms with Gasteiger partial charge in [-0.3, -0.25) is 4.90 Å². The van der Waals surface area contributed by atoms with Crippen LogP contribution in [-0.4, -0.2) is 29.2 Å². The normalized spacial score (nSPS) is 10.6. The number of pyridine rings is 1. The van der Waals surface area contributed by atoms with E-state index in [1.54, 1.807) is 24.3 Å². The van der Waals surface area contributed by atoms with Crippen molar-refractivity contribution in [1.82, 2.24) is 4.98 Å². The average Bonchev–Trinajstić information content (AvgIpc) is 2.61. The number of ether oxygens (including phenoxy) is 1. The van der Waals surface area contributed by atoms with Crippen molar-refractivity contribution in [3.8, 4) is 5.75 Å². The summed E-state index contributed by atoms with van der Waals surface area (Å²) in [6.45, 7) is 0. The van der Waals surface area contributed by atoms with Crippen molar-refractivity contribution in [3.05, 3.63) is 58.2 Å². The summed E-state index contributed by atoms with van der Waals surface area (Å²) in [5.41, 5.74) is 6.00. The van der Waals surface area contributed by atoms with Crippen LogP contribution in [0.3, 0.4) is 0 Å². The van der Waals surface area contributed by atoms with Crippen molar-refractivity contribution in [2.45, 2.75) is 0 Å². The van der Waals surface area contributed by atoms with Crippen LogP contribution >= 0.6 is 23.2 Å². The summed E-state index contributed by atoms with van der Waals surface area (Å²) in [7, 11) is 1.44. The Labute approximate surface area is 163 Å². The summed E-state index contributed by atoms with van der Waals surface area (Å²) in [6.07, 6.45) is 0. The quantitative estimate of drug-likeness (QED) is 0.665. The molecule has 2 aromatic carbocycles. The number of halogens is 2. The van der Waals surface area contributed by atoms with Crippen LogP contribution in [0.1, 0.15) is 10.5 Å². The maximum atomic E-state index is 12.3. The van der Waals surface area contributed by atoms with E-state index >= 15 is 0 Å². The summed E-state index contributed by atoms with van der Waals surface area (Å²) in [5.74, 6) is -0.915. The van der Waals surface area contributed by atoms with Crippen molar-refractivity contribution in [1.29, 1.82) is 0 Å². The Morgan fingerprint density at radius 1 is 1.15 bits per heavy atom. The number of carboxylic acid groups (broad SMARTS) is 1. The fourth-order valence-corrected chi connectivity index (χ4v) is 3.31. The zero-order valence-corrected chi connectivity index (χ0v) is 15.5. The van der Waals surface area contributed by atoms with Crippen molar-refractivity contribution < 1.29 is 19.4 Å². The highest BCUT2D eigenvalue weighted by atomic mass is 35.5. The second-order valence-corrected chi connectivity index (χ2v) is 6.30. The molecule has 0 atom stereocenters. The van der Waals surface area contributed by atoms with E-state index in [1.165, 1.54) is 25.3 Å². The number of carbonyl (C=O) groups is 2. The molecule has 0 spiro atoms. The van der Waals surface area contributed by atoms with Crippen LogP contribution < -0.4 is 15.4 Å². The first-order valence-electron chi connectivity index (χ1n) is 7.59. The molecule has 0 bridgehead atoms. The Hall–Kier alpha value is -3.03. The number of aromatic carboxylic acids is 1.